The fourth-order valence-electron chi connectivity index (χ4n) is 3.49. The predicted octanol–water partition coefficient (Wildman–Crippen LogP) is 4.73. The molecule has 1 saturated heterocycles. The summed E-state index contributed by atoms with van der Waals surface area (Å²) in [5.41, 5.74) is 2.43. The number of hydrogen-bond acceptors (Lipinski definition) is 2. The lowest BCUT2D eigenvalue weighted by Gasteiger charge is -2.18. The second-order valence-corrected chi connectivity index (χ2v) is 7.46. The van der Waals surface area contributed by atoms with E-state index in [0.29, 0.717) is 28.2 Å². The van der Waals surface area contributed by atoms with Crippen molar-refractivity contribution in [3.63, 3.8) is 0 Å². The predicted molar refractivity (Wildman–Crippen MR) is 107 cm³/mol. The van der Waals surface area contributed by atoms with E-state index in [2.05, 4.69) is 39.5 Å². The number of carbonyl (C=O) groups excluding carboxylic acids is 1. The summed E-state index contributed by atoms with van der Waals surface area (Å²) in [6, 6.07) is 15.7. The Morgan fingerprint density at radius 1 is 1.19 bits per heavy atom. The zero-order chi connectivity index (χ0) is 18.1. The SMILES string of the molecule is O=C(NCC1CCN(c2ccccc2)C1)c1[nH]c2ccc(Cl)cc2c1Cl. The minimum Gasteiger partial charge on any atom is -0.371 e. The maximum absolute atomic E-state index is 12.6. The van der Waals surface area contributed by atoms with Gasteiger partial charge in [-0.1, -0.05) is 41.4 Å². The van der Waals surface area contributed by atoms with Crippen LogP contribution in [0.1, 0.15) is 16.9 Å². The standard InChI is InChI=1S/C20H19Cl2N3O/c21-14-6-7-17-16(10-14)18(22)19(24-17)20(26)23-11-13-8-9-25(12-13)15-4-2-1-3-5-15/h1-7,10,13,24H,8-9,11-12H2,(H,23,26). The van der Waals surface area contributed by atoms with E-state index >= 15 is 0 Å². The fraction of sp³-hybridized carbons (Fsp3) is 0.250. The van der Waals surface area contributed by atoms with Crippen molar-refractivity contribution in [1.29, 1.82) is 0 Å². The number of anilines is 1. The van der Waals surface area contributed by atoms with Gasteiger partial charge in [-0.15, -0.1) is 0 Å². The van der Waals surface area contributed by atoms with Crippen LogP contribution in [0.2, 0.25) is 10.0 Å². The number of fused-ring (bicyclic) bond motifs is 1. The van der Waals surface area contributed by atoms with Gasteiger partial charge in [-0.2, -0.15) is 0 Å². The molecule has 6 heteroatoms. The van der Waals surface area contributed by atoms with Crippen molar-refractivity contribution in [3.05, 3.63) is 64.3 Å². The molecule has 0 spiro atoms. The molecule has 2 heterocycles. The number of carbonyl (C=O) groups is 1. The molecule has 1 unspecified atom stereocenters. The average molecular weight is 388 g/mol. The number of H-pyrrole nitrogens is 1. The first-order valence-electron chi connectivity index (χ1n) is 8.67. The van der Waals surface area contributed by atoms with Gasteiger partial charge in [0.25, 0.3) is 5.91 Å². The van der Waals surface area contributed by atoms with Gasteiger partial charge in [-0.05, 0) is 42.7 Å². The van der Waals surface area contributed by atoms with E-state index in [4.69, 9.17) is 23.2 Å². The van der Waals surface area contributed by atoms with Gasteiger partial charge in [0.05, 0.1) is 5.02 Å². The van der Waals surface area contributed by atoms with Crippen LogP contribution in [0.25, 0.3) is 10.9 Å². The number of amides is 1. The Labute approximate surface area is 162 Å². The number of aromatic nitrogens is 1. The van der Waals surface area contributed by atoms with Crippen LogP contribution in [0, 0.1) is 5.92 Å². The Balaban J connectivity index is 1.40. The molecule has 4 rings (SSSR count). The second-order valence-electron chi connectivity index (χ2n) is 6.65. The van der Waals surface area contributed by atoms with Gasteiger partial charge in [0.15, 0.2) is 0 Å². The molecule has 1 aromatic heterocycles. The van der Waals surface area contributed by atoms with E-state index < -0.39 is 0 Å². The molecule has 0 radical (unpaired) electrons. The Kier molecular flexibility index (Phi) is 4.79. The van der Waals surface area contributed by atoms with Crippen LogP contribution in [0.4, 0.5) is 5.69 Å². The Bertz CT molecular complexity index is 939. The smallest absolute Gasteiger partial charge is 0.269 e. The second kappa shape index (κ2) is 7.22. The van der Waals surface area contributed by atoms with E-state index in [0.717, 1.165) is 30.4 Å². The molecule has 1 fully saturated rings. The van der Waals surface area contributed by atoms with Crippen LogP contribution in [0.15, 0.2) is 48.5 Å². The fourth-order valence-corrected chi connectivity index (χ4v) is 3.95. The van der Waals surface area contributed by atoms with Gasteiger partial charge in [0, 0.05) is 41.2 Å². The van der Waals surface area contributed by atoms with Crippen molar-refractivity contribution in [2.75, 3.05) is 24.5 Å². The van der Waals surface area contributed by atoms with Crippen molar-refractivity contribution < 1.29 is 4.79 Å². The molecule has 2 aromatic carbocycles. The Morgan fingerprint density at radius 2 is 2.00 bits per heavy atom. The molecule has 4 nitrogen and oxygen atoms in total. The third kappa shape index (κ3) is 3.39. The van der Waals surface area contributed by atoms with Crippen LogP contribution >= 0.6 is 23.2 Å². The molecule has 26 heavy (non-hydrogen) atoms. The summed E-state index contributed by atoms with van der Waals surface area (Å²) >= 11 is 12.4. The highest BCUT2D eigenvalue weighted by atomic mass is 35.5. The maximum Gasteiger partial charge on any atom is 0.269 e. The van der Waals surface area contributed by atoms with Gasteiger partial charge in [-0.25, -0.2) is 0 Å². The highest BCUT2D eigenvalue weighted by Crippen LogP contribution is 2.30. The average Bonchev–Trinajstić information content (AvgIpc) is 3.26. The maximum atomic E-state index is 12.6. The molecule has 1 aliphatic heterocycles. The summed E-state index contributed by atoms with van der Waals surface area (Å²) in [5, 5.41) is 4.79. The number of nitrogens with zero attached hydrogens (tertiary/aromatic N) is 1. The lowest BCUT2D eigenvalue weighted by atomic mass is 10.1. The van der Waals surface area contributed by atoms with E-state index in [1.54, 1.807) is 12.1 Å². The summed E-state index contributed by atoms with van der Waals surface area (Å²) in [4.78, 5) is 18.0. The number of halogens is 2. The van der Waals surface area contributed by atoms with Gasteiger partial charge in [-0.3, -0.25) is 4.79 Å². The Hall–Kier alpha value is -2.17. The number of para-hydroxylation sites is 1. The quantitative estimate of drug-likeness (QED) is 0.679. The van der Waals surface area contributed by atoms with Crippen LogP contribution < -0.4 is 10.2 Å². The number of hydrogen-bond donors (Lipinski definition) is 2. The van der Waals surface area contributed by atoms with Crippen LogP contribution in [-0.2, 0) is 0 Å². The molecule has 0 bridgehead atoms. The highest BCUT2D eigenvalue weighted by Gasteiger charge is 2.24. The summed E-state index contributed by atoms with van der Waals surface area (Å²) in [5.74, 6) is 0.247. The summed E-state index contributed by atoms with van der Waals surface area (Å²) in [6.45, 7) is 2.59. The molecule has 3 aromatic rings. The van der Waals surface area contributed by atoms with Gasteiger partial charge in [0.2, 0.25) is 0 Å². The monoisotopic (exact) mass is 387 g/mol. The first kappa shape index (κ1) is 17.3. The van der Waals surface area contributed by atoms with Crippen molar-refractivity contribution in [2.24, 2.45) is 5.92 Å². The summed E-state index contributed by atoms with van der Waals surface area (Å²) in [7, 11) is 0. The normalized spacial score (nSPS) is 17.0. The molecular weight excluding hydrogens is 369 g/mol. The number of rotatable bonds is 4. The third-order valence-electron chi connectivity index (χ3n) is 4.88. The minimum atomic E-state index is -0.180. The number of nitrogens with one attached hydrogen (secondary N) is 2. The van der Waals surface area contributed by atoms with Crippen LogP contribution in [0.3, 0.4) is 0 Å². The number of benzene rings is 2. The van der Waals surface area contributed by atoms with Gasteiger partial charge < -0.3 is 15.2 Å². The lowest BCUT2D eigenvalue weighted by Crippen LogP contribution is -2.31. The zero-order valence-electron chi connectivity index (χ0n) is 14.1. The van der Waals surface area contributed by atoms with E-state index in [-0.39, 0.29) is 5.91 Å². The van der Waals surface area contributed by atoms with Crippen molar-refractivity contribution >= 4 is 45.7 Å². The molecule has 1 aliphatic rings. The van der Waals surface area contributed by atoms with Crippen molar-refractivity contribution in [1.82, 2.24) is 10.3 Å². The molecule has 2 N–H and O–H groups in total. The van der Waals surface area contributed by atoms with Crippen molar-refractivity contribution in [3.8, 4) is 0 Å². The van der Waals surface area contributed by atoms with Crippen LogP contribution in [-0.4, -0.2) is 30.5 Å². The minimum absolute atomic E-state index is 0.180. The zero-order valence-corrected chi connectivity index (χ0v) is 15.6. The lowest BCUT2D eigenvalue weighted by molar-refractivity contribution is 0.0944. The van der Waals surface area contributed by atoms with E-state index in [9.17, 15) is 4.79 Å². The first-order valence-corrected chi connectivity index (χ1v) is 9.42. The molecule has 0 aliphatic carbocycles. The molecule has 1 amide bonds. The molecule has 0 saturated carbocycles. The summed E-state index contributed by atoms with van der Waals surface area (Å²) in [6.07, 6.45) is 1.06. The summed E-state index contributed by atoms with van der Waals surface area (Å²) < 4.78 is 0. The first-order chi connectivity index (χ1) is 12.6. The van der Waals surface area contributed by atoms with Gasteiger partial charge in [0.1, 0.15) is 5.69 Å². The van der Waals surface area contributed by atoms with E-state index in [1.165, 1.54) is 5.69 Å². The molecule has 134 valence electrons. The van der Waals surface area contributed by atoms with E-state index in [1.807, 2.05) is 12.1 Å². The molecule has 1 atom stereocenters. The van der Waals surface area contributed by atoms with Gasteiger partial charge >= 0.3 is 0 Å². The van der Waals surface area contributed by atoms with Crippen LogP contribution in [0.5, 0.6) is 0 Å². The van der Waals surface area contributed by atoms with Crippen molar-refractivity contribution in [2.45, 2.75) is 6.42 Å². The Morgan fingerprint density at radius 3 is 2.81 bits per heavy atom. The third-order valence-corrected chi connectivity index (χ3v) is 5.51. The number of aromatic amines is 1. The highest BCUT2D eigenvalue weighted by molar-refractivity contribution is 6.39. The largest absolute Gasteiger partial charge is 0.371 e. The topological polar surface area (TPSA) is 48.1 Å². The molecular formula is C20H19Cl2N3O.